The number of benzene rings is 1. The van der Waals surface area contributed by atoms with Gasteiger partial charge in [0.1, 0.15) is 11.6 Å². The molecule has 0 aliphatic heterocycles. The van der Waals surface area contributed by atoms with Crippen molar-refractivity contribution in [3.05, 3.63) is 41.6 Å². The molecule has 142 valence electrons. The fourth-order valence-corrected chi connectivity index (χ4v) is 2.52. The summed E-state index contributed by atoms with van der Waals surface area (Å²) in [7, 11) is -3.70. The average molecular weight is 380 g/mol. The standard InChI is InChI=1S/C17H24N4O4S/c1-2-25-11-3-9-21-17(22)15(12-18)13-20-10-8-14-4-6-16(7-5-14)26(19,23)24/h4-7,13,20H,2-3,8-11H2,1H3,(H,21,22)(H2,19,23,24)/b15-13-. The smallest absolute Gasteiger partial charge is 0.263 e. The van der Waals surface area contributed by atoms with E-state index in [0.29, 0.717) is 39.1 Å². The van der Waals surface area contributed by atoms with E-state index in [1.165, 1.54) is 18.3 Å². The van der Waals surface area contributed by atoms with E-state index < -0.39 is 15.9 Å². The van der Waals surface area contributed by atoms with E-state index in [1.807, 2.05) is 13.0 Å². The molecule has 0 fully saturated rings. The highest BCUT2D eigenvalue weighted by Crippen LogP contribution is 2.08. The third-order valence-corrected chi connectivity index (χ3v) is 4.31. The lowest BCUT2D eigenvalue weighted by Crippen LogP contribution is -2.27. The number of nitrogens with one attached hydrogen (secondary N) is 2. The number of nitrogens with two attached hydrogens (primary N) is 1. The maximum atomic E-state index is 11.9. The van der Waals surface area contributed by atoms with Crippen LogP contribution in [-0.2, 0) is 26.0 Å². The number of hydrogen-bond acceptors (Lipinski definition) is 6. The molecule has 0 saturated carbocycles. The lowest BCUT2D eigenvalue weighted by molar-refractivity contribution is -0.117. The van der Waals surface area contributed by atoms with Gasteiger partial charge in [0.2, 0.25) is 10.0 Å². The van der Waals surface area contributed by atoms with Crippen molar-refractivity contribution in [2.75, 3.05) is 26.3 Å². The molecule has 1 rings (SSSR count). The predicted octanol–water partition coefficient (Wildman–Crippen LogP) is 0.416. The molecule has 1 aromatic rings. The fraction of sp³-hybridized carbons (Fsp3) is 0.412. The number of nitriles is 1. The van der Waals surface area contributed by atoms with Crippen LogP contribution in [0.15, 0.2) is 40.9 Å². The zero-order valence-corrected chi connectivity index (χ0v) is 15.5. The lowest BCUT2D eigenvalue weighted by atomic mass is 10.1. The molecule has 1 aromatic carbocycles. The Balaban J connectivity index is 2.40. The van der Waals surface area contributed by atoms with Gasteiger partial charge in [0.05, 0.1) is 4.90 Å². The van der Waals surface area contributed by atoms with Crippen LogP contribution >= 0.6 is 0 Å². The van der Waals surface area contributed by atoms with E-state index in [1.54, 1.807) is 12.1 Å². The molecule has 9 heteroatoms. The summed E-state index contributed by atoms with van der Waals surface area (Å²) in [5.41, 5.74) is 0.892. The van der Waals surface area contributed by atoms with Crippen molar-refractivity contribution in [3.8, 4) is 6.07 Å². The van der Waals surface area contributed by atoms with Gasteiger partial charge in [0.25, 0.3) is 5.91 Å². The molecule has 8 nitrogen and oxygen atoms in total. The second-order valence-corrected chi connectivity index (χ2v) is 6.93. The first kappa shape index (κ1) is 21.6. The molecule has 0 bridgehead atoms. The van der Waals surface area contributed by atoms with Crippen LogP contribution in [0.5, 0.6) is 0 Å². The summed E-state index contributed by atoms with van der Waals surface area (Å²) in [4.78, 5) is 11.9. The summed E-state index contributed by atoms with van der Waals surface area (Å²) in [6.45, 7) is 4.01. The van der Waals surface area contributed by atoms with E-state index in [9.17, 15) is 13.2 Å². The van der Waals surface area contributed by atoms with Crippen LogP contribution in [0.3, 0.4) is 0 Å². The van der Waals surface area contributed by atoms with Crippen LogP contribution in [-0.4, -0.2) is 40.6 Å². The topological polar surface area (TPSA) is 134 Å². The molecule has 0 spiro atoms. The van der Waals surface area contributed by atoms with E-state index in [4.69, 9.17) is 15.1 Å². The summed E-state index contributed by atoms with van der Waals surface area (Å²) < 4.78 is 27.5. The number of nitrogens with zero attached hydrogens (tertiary/aromatic N) is 1. The molecule has 4 N–H and O–H groups in total. The Hall–Kier alpha value is -2.41. The van der Waals surface area contributed by atoms with E-state index >= 15 is 0 Å². The Bertz CT molecular complexity index is 752. The normalized spacial score (nSPS) is 11.7. The Labute approximate surface area is 154 Å². The van der Waals surface area contributed by atoms with Crippen LogP contribution < -0.4 is 15.8 Å². The molecule has 1 amide bonds. The first-order valence-corrected chi connectivity index (χ1v) is 9.74. The number of primary sulfonamides is 1. The Morgan fingerprint density at radius 3 is 2.58 bits per heavy atom. The first-order chi connectivity index (χ1) is 12.4. The van der Waals surface area contributed by atoms with Gasteiger partial charge >= 0.3 is 0 Å². The molecule has 0 aromatic heterocycles. The summed E-state index contributed by atoms with van der Waals surface area (Å²) >= 11 is 0. The van der Waals surface area contributed by atoms with Crippen molar-refractivity contribution in [2.24, 2.45) is 5.14 Å². The highest BCUT2D eigenvalue weighted by atomic mass is 32.2. The van der Waals surface area contributed by atoms with Crippen molar-refractivity contribution in [1.29, 1.82) is 5.26 Å². The lowest BCUT2D eigenvalue weighted by Gasteiger charge is -2.06. The van der Waals surface area contributed by atoms with Crippen molar-refractivity contribution in [3.63, 3.8) is 0 Å². The van der Waals surface area contributed by atoms with E-state index in [0.717, 1.165) is 5.56 Å². The van der Waals surface area contributed by atoms with Gasteiger partial charge in [-0.3, -0.25) is 4.79 Å². The highest BCUT2D eigenvalue weighted by molar-refractivity contribution is 7.89. The minimum atomic E-state index is -3.70. The number of sulfonamides is 1. The van der Waals surface area contributed by atoms with Crippen molar-refractivity contribution in [2.45, 2.75) is 24.7 Å². The van der Waals surface area contributed by atoms with Gasteiger partial charge in [-0.05, 0) is 37.5 Å². The van der Waals surface area contributed by atoms with Crippen LogP contribution in [0.25, 0.3) is 0 Å². The molecule has 0 atom stereocenters. The molecule has 0 saturated heterocycles. The quantitative estimate of drug-likeness (QED) is 0.289. The molecular formula is C17H24N4O4S. The van der Waals surface area contributed by atoms with Crippen molar-refractivity contribution < 1.29 is 17.9 Å². The molecule has 26 heavy (non-hydrogen) atoms. The zero-order chi connectivity index (χ0) is 19.4. The fourth-order valence-electron chi connectivity index (χ4n) is 2.00. The van der Waals surface area contributed by atoms with Gasteiger partial charge in [-0.1, -0.05) is 12.1 Å². The largest absolute Gasteiger partial charge is 0.389 e. The highest BCUT2D eigenvalue weighted by Gasteiger charge is 2.08. The number of carbonyl (C=O) groups is 1. The number of hydrogen-bond donors (Lipinski definition) is 3. The average Bonchev–Trinajstić information content (AvgIpc) is 2.61. The number of ether oxygens (including phenoxy) is 1. The summed E-state index contributed by atoms with van der Waals surface area (Å²) in [5, 5.41) is 19.6. The van der Waals surface area contributed by atoms with Gasteiger partial charge < -0.3 is 15.4 Å². The van der Waals surface area contributed by atoms with Crippen molar-refractivity contribution in [1.82, 2.24) is 10.6 Å². The Morgan fingerprint density at radius 1 is 1.31 bits per heavy atom. The number of amides is 1. The van der Waals surface area contributed by atoms with Gasteiger partial charge in [-0.2, -0.15) is 5.26 Å². The Kier molecular flexibility index (Phi) is 9.36. The minimum Gasteiger partial charge on any atom is -0.389 e. The summed E-state index contributed by atoms with van der Waals surface area (Å²) in [6, 6.07) is 8.07. The van der Waals surface area contributed by atoms with Crippen LogP contribution in [0.2, 0.25) is 0 Å². The second kappa shape index (κ2) is 11.3. The molecule has 0 aliphatic rings. The maximum Gasteiger partial charge on any atom is 0.263 e. The van der Waals surface area contributed by atoms with Crippen LogP contribution in [0.4, 0.5) is 0 Å². The van der Waals surface area contributed by atoms with Crippen LogP contribution in [0.1, 0.15) is 18.9 Å². The minimum absolute atomic E-state index is 0.00835. The van der Waals surface area contributed by atoms with Crippen molar-refractivity contribution >= 4 is 15.9 Å². The molecule has 0 aliphatic carbocycles. The third-order valence-electron chi connectivity index (χ3n) is 3.38. The maximum absolute atomic E-state index is 11.9. The predicted molar refractivity (Wildman–Crippen MR) is 97.3 cm³/mol. The number of carbonyl (C=O) groups excluding carboxylic acids is 1. The van der Waals surface area contributed by atoms with Gasteiger partial charge in [-0.25, -0.2) is 13.6 Å². The molecule has 0 unspecified atom stereocenters. The molecule has 0 heterocycles. The monoisotopic (exact) mass is 380 g/mol. The van der Waals surface area contributed by atoms with Crippen LogP contribution in [0, 0.1) is 11.3 Å². The Morgan fingerprint density at radius 2 is 2.00 bits per heavy atom. The zero-order valence-electron chi connectivity index (χ0n) is 14.7. The second-order valence-electron chi connectivity index (χ2n) is 5.37. The van der Waals surface area contributed by atoms with Gasteiger partial charge in [0.15, 0.2) is 0 Å². The van der Waals surface area contributed by atoms with Gasteiger partial charge in [0, 0.05) is 32.5 Å². The summed E-state index contributed by atoms with van der Waals surface area (Å²) in [6.07, 6.45) is 2.65. The first-order valence-electron chi connectivity index (χ1n) is 8.19. The third kappa shape index (κ3) is 8.11. The van der Waals surface area contributed by atoms with Gasteiger partial charge in [-0.15, -0.1) is 0 Å². The van der Waals surface area contributed by atoms with E-state index in [2.05, 4.69) is 10.6 Å². The molecular weight excluding hydrogens is 356 g/mol. The summed E-state index contributed by atoms with van der Waals surface area (Å²) in [5.74, 6) is -0.436. The van der Waals surface area contributed by atoms with E-state index in [-0.39, 0.29) is 10.5 Å². The SMILES string of the molecule is CCOCCCNC(=O)/C(C#N)=C\NCCc1ccc(S(N)(=O)=O)cc1. The molecule has 0 radical (unpaired) electrons. The number of rotatable bonds is 11.